The van der Waals surface area contributed by atoms with E-state index in [-0.39, 0.29) is 10.8 Å². The zero-order chi connectivity index (χ0) is 17.7. The van der Waals surface area contributed by atoms with Gasteiger partial charge in [0.15, 0.2) is 0 Å². The minimum Gasteiger partial charge on any atom is -0.497 e. The van der Waals surface area contributed by atoms with Gasteiger partial charge in [0.25, 0.3) is 0 Å². The van der Waals surface area contributed by atoms with Gasteiger partial charge in [-0.15, -0.1) is 0 Å². The summed E-state index contributed by atoms with van der Waals surface area (Å²) in [5.74, 6) is 1.62. The average molecular weight is 362 g/mol. The van der Waals surface area contributed by atoms with E-state index >= 15 is 0 Å². The number of rotatable bonds is 6. The molecule has 0 bridgehead atoms. The second kappa shape index (κ2) is 7.84. The Bertz CT molecular complexity index is 796. The minimum absolute atomic E-state index is 0.159. The van der Waals surface area contributed by atoms with Crippen LogP contribution in [0.1, 0.15) is 12.8 Å². The van der Waals surface area contributed by atoms with Gasteiger partial charge in [0.05, 0.1) is 13.7 Å². The monoisotopic (exact) mass is 362 g/mol. The van der Waals surface area contributed by atoms with Crippen molar-refractivity contribution in [3.8, 4) is 11.5 Å². The molecule has 7 heteroatoms. The molecule has 0 saturated carbocycles. The van der Waals surface area contributed by atoms with Gasteiger partial charge in [0.1, 0.15) is 16.4 Å². The highest BCUT2D eigenvalue weighted by atomic mass is 32.2. The van der Waals surface area contributed by atoms with Gasteiger partial charge in [-0.1, -0.05) is 6.07 Å². The van der Waals surface area contributed by atoms with Crippen LogP contribution in [0, 0.1) is 5.92 Å². The predicted octanol–water partition coefficient (Wildman–Crippen LogP) is 2.57. The lowest BCUT2D eigenvalue weighted by molar-refractivity contribution is 0.180. The predicted molar refractivity (Wildman–Crippen MR) is 94.2 cm³/mol. The smallest absolute Gasteiger partial charge is 0.244 e. The number of hydrogen-bond acceptors (Lipinski definition) is 5. The van der Waals surface area contributed by atoms with Crippen molar-refractivity contribution in [2.75, 3.05) is 26.8 Å². The van der Waals surface area contributed by atoms with Crippen LogP contribution in [0.15, 0.2) is 53.7 Å². The number of methoxy groups -OCH3 is 1. The quantitative estimate of drug-likeness (QED) is 0.790. The fourth-order valence-corrected chi connectivity index (χ4v) is 4.45. The molecule has 0 radical (unpaired) electrons. The molecular weight excluding hydrogens is 340 g/mol. The maximum absolute atomic E-state index is 12.7. The molecule has 0 N–H and O–H groups in total. The molecule has 3 rings (SSSR count). The van der Waals surface area contributed by atoms with Gasteiger partial charge < -0.3 is 9.47 Å². The molecule has 1 aliphatic rings. The highest BCUT2D eigenvalue weighted by Gasteiger charge is 2.30. The van der Waals surface area contributed by atoms with Crippen molar-refractivity contribution in [3.05, 3.63) is 48.8 Å². The molecule has 0 spiro atoms. The standard InChI is InChI=1S/C18H22N2O4S/c1-23-16-6-2-7-17(11-16)24-14-15-5-4-10-20(13-15)25(21,22)18-8-3-9-19-12-18/h2-3,6-9,11-12,15H,4-5,10,13-14H2,1H3. The molecule has 25 heavy (non-hydrogen) atoms. The lowest BCUT2D eigenvalue weighted by Gasteiger charge is -2.31. The van der Waals surface area contributed by atoms with Gasteiger partial charge in [0, 0.05) is 37.5 Å². The Hall–Kier alpha value is -2.12. The third-order valence-corrected chi connectivity index (χ3v) is 6.13. The van der Waals surface area contributed by atoms with E-state index in [9.17, 15) is 8.42 Å². The van der Waals surface area contributed by atoms with Gasteiger partial charge in [-0.05, 0) is 37.1 Å². The summed E-state index contributed by atoms with van der Waals surface area (Å²) in [6.45, 7) is 1.47. The molecule has 2 heterocycles. The number of benzene rings is 1. The summed E-state index contributed by atoms with van der Waals surface area (Å²) in [5, 5.41) is 0. The van der Waals surface area contributed by atoms with Gasteiger partial charge >= 0.3 is 0 Å². The number of pyridine rings is 1. The van der Waals surface area contributed by atoms with E-state index < -0.39 is 10.0 Å². The Kier molecular flexibility index (Phi) is 5.55. The Labute approximate surface area is 148 Å². The molecule has 2 aromatic rings. The maximum Gasteiger partial charge on any atom is 0.244 e. The summed E-state index contributed by atoms with van der Waals surface area (Å²) >= 11 is 0. The van der Waals surface area contributed by atoms with Crippen LogP contribution in [0.4, 0.5) is 0 Å². The average Bonchev–Trinajstić information content (AvgIpc) is 2.67. The summed E-state index contributed by atoms with van der Waals surface area (Å²) in [6.07, 6.45) is 4.74. The summed E-state index contributed by atoms with van der Waals surface area (Å²) in [5.41, 5.74) is 0. The second-order valence-corrected chi connectivity index (χ2v) is 7.99. The number of hydrogen-bond donors (Lipinski definition) is 0. The van der Waals surface area contributed by atoms with Crippen LogP contribution in [-0.4, -0.2) is 44.5 Å². The van der Waals surface area contributed by atoms with E-state index in [4.69, 9.17) is 9.47 Å². The normalized spacial score (nSPS) is 18.7. The summed E-state index contributed by atoms with van der Waals surface area (Å²) in [7, 11) is -1.88. The molecule has 1 fully saturated rings. The third-order valence-electron chi connectivity index (χ3n) is 4.28. The van der Waals surface area contributed by atoms with Crippen LogP contribution >= 0.6 is 0 Å². The highest BCUT2D eigenvalue weighted by molar-refractivity contribution is 7.89. The molecule has 0 amide bonds. The SMILES string of the molecule is COc1cccc(OCC2CCCN(S(=O)(=O)c3cccnc3)C2)c1. The topological polar surface area (TPSA) is 68.7 Å². The first-order valence-electron chi connectivity index (χ1n) is 8.26. The number of ether oxygens (including phenoxy) is 2. The van der Waals surface area contributed by atoms with Crippen LogP contribution in [0.5, 0.6) is 11.5 Å². The molecule has 1 saturated heterocycles. The third kappa shape index (κ3) is 4.29. The first kappa shape index (κ1) is 17.7. The van der Waals surface area contributed by atoms with E-state index in [0.29, 0.717) is 19.7 Å². The molecule has 134 valence electrons. The maximum atomic E-state index is 12.7. The van der Waals surface area contributed by atoms with Crippen molar-refractivity contribution in [2.45, 2.75) is 17.7 Å². The lowest BCUT2D eigenvalue weighted by atomic mass is 10.0. The summed E-state index contributed by atoms with van der Waals surface area (Å²) in [4.78, 5) is 4.15. The van der Waals surface area contributed by atoms with Gasteiger partial charge in [-0.2, -0.15) is 4.31 Å². The lowest BCUT2D eigenvalue weighted by Crippen LogP contribution is -2.41. The highest BCUT2D eigenvalue weighted by Crippen LogP contribution is 2.25. The number of piperidine rings is 1. The van der Waals surface area contributed by atoms with Crippen LogP contribution in [0.2, 0.25) is 0 Å². The van der Waals surface area contributed by atoms with Gasteiger partial charge in [-0.25, -0.2) is 8.42 Å². The molecule has 0 aliphatic carbocycles. The first-order valence-corrected chi connectivity index (χ1v) is 9.70. The van der Waals surface area contributed by atoms with Crippen molar-refractivity contribution in [1.29, 1.82) is 0 Å². The Morgan fingerprint density at radius 3 is 2.84 bits per heavy atom. The molecule has 1 aromatic heterocycles. The van der Waals surface area contributed by atoms with Crippen molar-refractivity contribution in [3.63, 3.8) is 0 Å². The van der Waals surface area contributed by atoms with E-state index in [0.717, 1.165) is 24.3 Å². The molecule has 1 unspecified atom stereocenters. The molecular formula is C18H22N2O4S. The number of sulfonamides is 1. The van der Waals surface area contributed by atoms with Crippen LogP contribution < -0.4 is 9.47 Å². The van der Waals surface area contributed by atoms with Crippen LogP contribution in [0.3, 0.4) is 0 Å². The van der Waals surface area contributed by atoms with Crippen LogP contribution in [0.25, 0.3) is 0 Å². The molecule has 6 nitrogen and oxygen atoms in total. The number of nitrogens with zero attached hydrogens (tertiary/aromatic N) is 2. The minimum atomic E-state index is -3.49. The van der Waals surface area contributed by atoms with Crippen molar-refractivity contribution in [1.82, 2.24) is 9.29 Å². The summed E-state index contributed by atoms with van der Waals surface area (Å²) in [6, 6.07) is 10.6. The van der Waals surface area contributed by atoms with Crippen molar-refractivity contribution < 1.29 is 17.9 Å². The Morgan fingerprint density at radius 1 is 1.24 bits per heavy atom. The van der Waals surface area contributed by atoms with Crippen molar-refractivity contribution in [2.24, 2.45) is 5.92 Å². The van der Waals surface area contributed by atoms with E-state index in [1.54, 1.807) is 25.4 Å². The molecule has 1 atom stereocenters. The zero-order valence-corrected chi connectivity index (χ0v) is 15.0. The first-order chi connectivity index (χ1) is 12.1. The van der Waals surface area contributed by atoms with Gasteiger partial charge in [0.2, 0.25) is 10.0 Å². The Balaban J connectivity index is 1.63. The summed E-state index contributed by atoms with van der Waals surface area (Å²) < 4.78 is 38.0. The fraction of sp³-hybridized carbons (Fsp3) is 0.389. The molecule has 1 aliphatic heterocycles. The Morgan fingerprint density at radius 2 is 2.08 bits per heavy atom. The van der Waals surface area contributed by atoms with E-state index in [1.165, 1.54) is 10.5 Å². The van der Waals surface area contributed by atoms with E-state index in [2.05, 4.69) is 4.98 Å². The number of aromatic nitrogens is 1. The fourth-order valence-electron chi connectivity index (χ4n) is 2.94. The second-order valence-electron chi connectivity index (χ2n) is 6.05. The molecule has 1 aromatic carbocycles. The van der Waals surface area contributed by atoms with E-state index in [1.807, 2.05) is 24.3 Å². The van der Waals surface area contributed by atoms with Crippen molar-refractivity contribution >= 4 is 10.0 Å². The van der Waals surface area contributed by atoms with Gasteiger partial charge in [-0.3, -0.25) is 4.98 Å². The zero-order valence-electron chi connectivity index (χ0n) is 14.2. The largest absolute Gasteiger partial charge is 0.497 e. The van der Waals surface area contributed by atoms with Crippen LogP contribution in [-0.2, 0) is 10.0 Å².